The highest BCUT2D eigenvalue weighted by atomic mass is 32.2. The molecule has 3 rings (SSSR count). The average molecular weight is 477 g/mol. The molecule has 2 aromatic carbocycles. The lowest BCUT2D eigenvalue weighted by atomic mass is 10.2. The van der Waals surface area contributed by atoms with Gasteiger partial charge in [-0.2, -0.15) is 0 Å². The molecule has 3 N–H and O–H groups in total. The molecule has 0 aliphatic rings. The maximum atomic E-state index is 12.9. The summed E-state index contributed by atoms with van der Waals surface area (Å²) in [4.78, 5) is 30.0. The normalized spacial score (nSPS) is 11.6. The molecule has 1 aromatic heterocycles. The first-order valence-electron chi connectivity index (χ1n) is 9.75. The zero-order valence-electron chi connectivity index (χ0n) is 17.7. The number of anilines is 1. The highest BCUT2D eigenvalue weighted by Crippen LogP contribution is 2.21. The van der Waals surface area contributed by atoms with E-state index in [1.165, 1.54) is 6.07 Å². The number of amides is 1. The summed E-state index contributed by atoms with van der Waals surface area (Å²) in [6, 6.07) is 11.5. The molecule has 1 heterocycles. The highest BCUT2D eigenvalue weighted by molar-refractivity contribution is 7.99. The van der Waals surface area contributed by atoms with Crippen molar-refractivity contribution in [1.82, 2.24) is 9.55 Å². The molecule has 0 saturated carbocycles. The van der Waals surface area contributed by atoms with Gasteiger partial charge < -0.3 is 10.1 Å². The van der Waals surface area contributed by atoms with E-state index in [2.05, 4.69) is 10.3 Å². The van der Waals surface area contributed by atoms with Gasteiger partial charge in [-0.1, -0.05) is 30.0 Å². The largest absolute Gasteiger partial charge is 0.385 e. The molecular weight excluding hydrogens is 452 g/mol. The van der Waals surface area contributed by atoms with Crippen LogP contribution in [0, 0.1) is 6.92 Å². The van der Waals surface area contributed by atoms with Gasteiger partial charge in [-0.05, 0) is 43.2 Å². The number of nitrogens with zero attached hydrogens (tertiary/aromatic N) is 2. The third-order valence-electron chi connectivity index (χ3n) is 4.67. The molecule has 0 spiro atoms. The summed E-state index contributed by atoms with van der Waals surface area (Å²) in [7, 11) is -2.31. The second-order valence-electron chi connectivity index (χ2n) is 7.08. The highest BCUT2D eigenvalue weighted by Gasteiger charge is 2.15. The lowest BCUT2D eigenvalue weighted by Gasteiger charge is -2.13. The monoisotopic (exact) mass is 476 g/mol. The SMILES string of the molecule is COCCCn1c(SCC(=O)Nc2ccc(C)c(S(N)(=O)=O)c2)nc2ccccc2c1=O. The van der Waals surface area contributed by atoms with Gasteiger partial charge in [-0.15, -0.1) is 0 Å². The summed E-state index contributed by atoms with van der Waals surface area (Å²) < 4.78 is 30.0. The second kappa shape index (κ2) is 10.3. The number of para-hydroxylation sites is 1. The van der Waals surface area contributed by atoms with E-state index in [0.717, 1.165) is 11.8 Å². The maximum absolute atomic E-state index is 12.9. The summed E-state index contributed by atoms with van der Waals surface area (Å²) in [5.74, 6) is -0.390. The number of ether oxygens (including phenoxy) is 1. The zero-order valence-corrected chi connectivity index (χ0v) is 19.3. The van der Waals surface area contributed by atoms with Gasteiger partial charge >= 0.3 is 0 Å². The Morgan fingerprint density at radius 2 is 2.00 bits per heavy atom. The summed E-state index contributed by atoms with van der Waals surface area (Å²) in [5, 5.41) is 8.82. The van der Waals surface area contributed by atoms with Crippen molar-refractivity contribution in [3.63, 3.8) is 0 Å². The first kappa shape index (κ1) is 23.9. The quantitative estimate of drug-likeness (QED) is 0.274. The van der Waals surface area contributed by atoms with Crippen LogP contribution in [0.1, 0.15) is 12.0 Å². The molecular formula is C21H24N4O5S2. The van der Waals surface area contributed by atoms with Crippen molar-refractivity contribution in [3.05, 3.63) is 58.4 Å². The number of hydrogen-bond donors (Lipinski definition) is 2. The smallest absolute Gasteiger partial charge is 0.262 e. The number of carbonyl (C=O) groups is 1. The van der Waals surface area contributed by atoms with Crippen molar-refractivity contribution in [2.24, 2.45) is 5.14 Å². The summed E-state index contributed by atoms with van der Waals surface area (Å²) in [6.45, 7) is 2.52. The van der Waals surface area contributed by atoms with Gasteiger partial charge in [0.05, 0.1) is 21.6 Å². The Bertz CT molecular complexity index is 1310. The van der Waals surface area contributed by atoms with Gasteiger partial charge in [0.25, 0.3) is 5.56 Å². The fourth-order valence-electron chi connectivity index (χ4n) is 3.13. The fraction of sp³-hybridized carbons (Fsp3) is 0.286. The van der Waals surface area contributed by atoms with E-state index in [1.54, 1.807) is 55.0 Å². The van der Waals surface area contributed by atoms with Gasteiger partial charge in [-0.3, -0.25) is 14.2 Å². The molecule has 0 radical (unpaired) electrons. The van der Waals surface area contributed by atoms with Gasteiger partial charge in [0.15, 0.2) is 5.16 Å². The molecule has 0 atom stereocenters. The lowest BCUT2D eigenvalue weighted by molar-refractivity contribution is -0.113. The van der Waals surface area contributed by atoms with E-state index in [9.17, 15) is 18.0 Å². The molecule has 3 aromatic rings. The number of aryl methyl sites for hydroxylation is 1. The number of sulfonamides is 1. The number of carbonyl (C=O) groups excluding carboxylic acids is 1. The van der Waals surface area contributed by atoms with E-state index in [4.69, 9.17) is 9.88 Å². The Hall–Kier alpha value is -2.73. The number of methoxy groups -OCH3 is 1. The average Bonchev–Trinajstić information content (AvgIpc) is 2.74. The molecule has 0 aliphatic heterocycles. The molecule has 0 fully saturated rings. The number of primary sulfonamides is 1. The van der Waals surface area contributed by atoms with Crippen LogP contribution < -0.4 is 16.0 Å². The summed E-state index contributed by atoms with van der Waals surface area (Å²) in [6.07, 6.45) is 0.621. The Morgan fingerprint density at radius 3 is 2.72 bits per heavy atom. The van der Waals surface area contributed by atoms with Crippen LogP contribution in [-0.4, -0.2) is 43.3 Å². The van der Waals surface area contributed by atoms with E-state index < -0.39 is 10.0 Å². The third kappa shape index (κ3) is 5.74. The van der Waals surface area contributed by atoms with E-state index >= 15 is 0 Å². The molecule has 170 valence electrons. The van der Waals surface area contributed by atoms with Crippen molar-refractivity contribution in [1.29, 1.82) is 0 Å². The number of rotatable bonds is 9. The van der Waals surface area contributed by atoms with Crippen molar-refractivity contribution in [2.75, 3.05) is 24.8 Å². The van der Waals surface area contributed by atoms with E-state index in [0.29, 0.717) is 46.9 Å². The van der Waals surface area contributed by atoms with Crippen LogP contribution in [-0.2, 0) is 26.1 Å². The third-order valence-corrected chi connectivity index (χ3v) is 6.70. The standard InChI is InChI=1S/C21H24N4O5S2/c1-14-8-9-15(12-18(14)32(22,28)29)23-19(26)13-31-21-24-17-7-4-3-6-16(17)20(27)25(21)10-5-11-30-2/h3-4,6-9,12H,5,10-11,13H2,1-2H3,(H,23,26)(H2,22,28,29). The first-order chi connectivity index (χ1) is 15.2. The number of nitrogens with two attached hydrogens (primary N) is 1. The van der Waals surface area contributed by atoms with Gasteiger partial charge in [0.1, 0.15) is 0 Å². The van der Waals surface area contributed by atoms with E-state index in [-0.39, 0.29) is 22.1 Å². The lowest BCUT2D eigenvalue weighted by Crippen LogP contribution is -2.25. The summed E-state index contributed by atoms with van der Waals surface area (Å²) >= 11 is 1.13. The fourth-order valence-corrected chi connectivity index (χ4v) is 4.77. The molecule has 0 saturated heterocycles. The van der Waals surface area contributed by atoms with Crippen molar-refractivity contribution >= 4 is 44.3 Å². The maximum Gasteiger partial charge on any atom is 0.262 e. The Labute approximate surface area is 190 Å². The van der Waals surface area contributed by atoms with Crippen molar-refractivity contribution < 1.29 is 17.9 Å². The van der Waals surface area contributed by atoms with Gasteiger partial charge in [-0.25, -0.2) is 18.5 Å². The molecule has 9 nitrogen and oxygen atoms in total. The number of benzene rings is 2. The van der Waals surface area contributed by atoms with Crippen LogP contribution in [0.3, 0.4) is 0 Å². The first-order valence-corrected chi connectivity index (χ1v) is 12.3. The number of thioether (sulfide) groups is 1. The predicted octanol–water partition coefficient (Wildman–Crippen LogP) is 2.12. The molecule has 32 heavy (non-hydrogen) atoms. The minimum atomic E-state index is -3.90. The Balaban J connectivity index is 1.80. The van der Waals surface area contributed by atoms with Crippen molar-refractivity contribution in [2.45, 2.75) is 29.9 Å². The number of aromatic nitrogens is 2. The number of hydrogen-bond acceptors (Lipinski definition) is 7. The molecule has 1 amide bonds. The summed E-state index contributed by atoms with van der Waals surface area (Å²) in [5.41, 5.74) is 1.18. The topological polar surface area (TPSA) is 133 Å². The number of fused-ring (bicyclic) bond motifs is 1. The van der Waals surface area contributed by atoms with Crippen LogP contribution in [0.5, 0.6) is 0 Å². The van der Waals surface area contributed by atoms with Crippen LogP contribution >= 0.6 is 11.8 Å². The van der Waals surface area contributed by atoms with Crippen LogP contribution in [0.4, 0.5) is 5.69 Å². The van der Waals surface area contributed by atoms with Gasteiger partial charge in [0, 0.05) is 25.9 Å². The van der Waals surface area contributed by atoms with Crippen LogP contribution in [0.25, 0.3) is 10.9 Å². The molecule has 11 heteroatoms. The van der Waals surface area contributed by atoms with E-state index in [1.807, 2.05) is 0 Å². The van der Waals surface area contributed by atoms with Crippen LogP contribution in [0.2, 0.25) is 0 Å². The predicted molar refractivity (Wildman–Crippen MR) is 124 cm³/mol. The molecule has 0 bridgehead atoms. The van der Waals surface area contributed by atoms with Gasteiger partial charge in [0.2, 0.25) is 15.9 Å². The molecule has 0 aliphatic carbocycles. The Kier molecular flexibility index (Phi) is 7.67. The molecule has 0 unspecified atom stereocenters. The Morgan fingerprint density at radius 1 is 1.25 bits per heavy atom. The minimum Gasteiger partial charge on any atom is -0.385 e. The second-order valence-corrected chi connectivity index (χ2v) is 9.55. The van der Waals surface area contributed by atoms with Crippen LogP contribution in [0.15, 0.2) is 57.3 Å². The number of nitrogens with one attached hydrogen (secondary N) is 1. The minimum absolute atomic E-state index is 0.0202. The van der Waals surface area contributed by atoms with Crippen molar-refractivity contribution in [3.8, 4) is 0 Å². The zero-order chi connectivity index (χ0) is 23.3.